The average molecular weight is 493 g/mol. The van der Waals surface area contributed by atoms with Gasteiger partial charge in [-0.25, -0.2) is 12.8 Å². The normalized spacial score (nSPS) is 12.7. The molecule has 8 nitrogen and oxygen atoms in total. The Hall–Kier alpha value is -3.50. The Morgan fingerprint density at radius 1 is 1.06 bits per heavy atom. The highest BCUT2D eigenvalue weighted by Gasteiger charge is 2.23. The molecule has 0 unspecified atom stereocenters. The summed E-state index contributed by atoms with van der Waals surface area (Å²) in [5.74, 6) is -0.450. The zero-order valence-electron chi connectivity index (χ0n) is 17.2. The highest BCUT2D eigenvalue weighted by Crippen LogP contribution is 2.40. The largest absolute Gasteiger partial charge is 0.493 e. The van der Waals surface area contributed by atoms with Gasteiger partial charge in [-0.05, 0) is 42.5 Å². The molecule has 0 bridgehead atoms. The molecule has 0 atom stereocenters. The van der Waals surface area contributed by atoms with Gasteiger partial charge in [-0.2, -0.15) is 0 Å². The maximum Gasteiger partial charge on any atom is 0.264 e. The number of nitrogens with one attached hydrogen (secondary N) is 2. The van der Waals surface area contributed by atoms with E-state index in [1.54, 1.807) is 0 Å². The van der Waals surface area contributed by atoms with Crippen LogP contribution in [0.25, 0.3) is 0 Å². The number of carbonyl (C=O) groups is 1. The van der Waals surface area contributed by atoms with Crippen molar-refractivity contribution in [3.63, 3.8) is 0 Å². The van der Waals surface area contributed by atoms with Crippen LogP contribution in [0.3, 0.4) is 0 Å². The first-order valence-electron chi connectivity index (χ1n) is 9.64. The Balaban J connectivity index is 1.65. The number of fused-ring (bicyclic) bond motifs is 1. The van der Waals surface area contributed by atoms with E-state index in [2.05, 4.69) is 10.0 Å². The van der Waals surface area contributed by atoms with E-state index in [9.17, 15) is 17.6 Å². The molecule has 3 aromatic carbocycles. The molecule has 0 spiro atoms. The Labute approximate surface area is 194 Å². The molecule has 2 N–H and O–H groups in total. The van der Waals surface area contributed by atoms with E-state index in [4.69, 9.17) is 25.8 Å². The summed E-state index contributed by atoms with van der Waals surface area (Å²) in [5, 5.41) is 2.87. The van der Waals surface area contributed by atoms with Gasteiger partial charge in [0.1, 0.15) is 23.9 Å². The number of methoxy groups -OCH3 is 1. The van der Waals surface area contributed by atoms with Crippen LogP contribution in [-0.4, -0.2) is 34.6 Å². The molecule has 172 valence electrons. The number of carbonyl (C=O) groups excluding carboxylic acids is 1. The summed E-state index contributed by atoms with van der Waals surface area (Å²) in [5.41, 5.74) is 0.251. The first kappa shape index (κ1) is 22.7. The van der Waals surface area contributed by atoms with E-state index in [-0.39, 0.29) is 22.0 Å². The second-order valence-corrected chi connectivity index (χ2v) is 8.97. The highest BCUT2D eigenvalue weighted by atomic mass is 35.5. The van der Waals surface area contributed by atoms with E-state index in [0.29, 0.717) is 30.5 Å². The molecule has 0 fully saturated rings. The molecule has 1 aliphatic heterocycles. The molecule has 0 aromatic heterocycles. The van der Waals surface area contributed by atoms with Crippen LogP contribution in [0.15, 0.2) is 59.5 Å². The summed E-state index contributed by atoms with van der Waals surface area (Å²) in [6.07, 6.45) is 0. The fourth-order valence-electron chi connectivity index (χ4n) is 3.17. The van der Waals surface area contributed by atoms with Gasteiger partial charge in [0, 0.05) is 10.6 Å². The van der Waals surface area contributed by atoms with Crippen molar-refractivity contribution >= 4 is 38.9 Å². The first-order valence-corrected chi connectivity index (χ1v) is 11.5. The molecule has 1 amide bonds. The number of rotatable bonds is 6. The van der Waals surface area contributed by atoms with Gasteiger partial charge < -0.3 is 19.5 Å². The van der Waals surface area contributed by atoms with Crippen LogP contribution < -0.4 is 24.2 Å². The van der Waals surface area contributed by atoms with Crippen LogP contribution in [0, 0.1) is 5.82 Å². The number of halogens is 2. The predicted molar refractivity (Wildman–Crippen MR) is 121 cm³/mol. The summed E-state index contributed by atoms with van der Waals surface area (Å²) in [6, 6.07) is 12.1. The van der Waals surface area contributed by atoms with Crippen LogP contribution in [0.2, 0.25) is 5.02 Å². The lowest BCUT2D eigenvalue weighted by Crippen LogP contribution is -2.19. The first-order chi connectivity index (χ1) is 15.8. The van der Waals surface area contributed by atoms with Gasteiger partial charge >= 0.3 is 0 Å². The van der Waals surface area contributed by atoms with Crippen LogP contribution >= 0.6 is 11.6 Å². The second-order valence-electron chi connectivity index (χ2n) is 6.88. The summed E-state index contributed by atoms with van der Waals surface area (Å²) >= 11 is 6.06. The van der Waals surface area contributed by atoms with Gasteiger partial charge in [-0.1, -0.05) is 23.7 Å². The average Bonchev–Trinajstić information content (AvgIpc) is 2.80. The van der Waals surface area contributed by atoms with E-state index in [1.807, 2.05) is 0 Å². The zero-order chi connectivity index (χ0) is 23.6. The molecule has 0 saturated carbocycles. The van der Waals surface area contributed by atoms with Crippen molar-refractivity contribution in [2.24, 2.45) is 0 Å². The van der Waals surface area contributed by atoms with Crippen molar-refractivity contribution in [3.05, 3.63) is 71.0 Å². The Bertz CT molecular complexity index is 1320. The third-order valence-electron chi connectivity index (χ3n) is 4.69. The third kappa shape index (κ3) is 4.81. The maximum atomic E-state index is 14.0. The van der Waals surface area contributed by atoms with Crippen LogP contribution in [-0.2, 0) is 10.0 Å². The number of anilines is 2. The van der Waals surface area contributed by atoms with Gasteiger partial charge in [-0.15, -0.1) is 0 Å². The highest BCUT2D eigenvalue weighted by molar-refractivity contribution is 7.92. The molecule has 3 aromatic rings. The second kappa shape index (κ2) is 9.16. The Morgan fingerprint density at radius 2 is 1.82 bits per heavy atom. The third-order valence-corrected chi connectivity index (χ3v) is 6.32. The van der Waals surface area contributed by atoms with Gasteiger partial charge in [0.2, 0.25) is 5.75 Å². The SMILES string of the molecule is COc1cc(C(=O)Nc2cc(Cl)ccc2NS(=O)(=O)c2ccccc2F)cc2c1OCCO2. The van der Waals surface area contributed by atoms with E-state index < -0.39 is 26.6 Å². The van der Waals surface area contributed by atoms with E-state index in [0.717, 1.165) is 12.1 Å². The van der Waals surface area contributed by atoms with Crippen LogP contribution in [0.4, 0.5) is 15.8 Å². The van der Waals surface area contributed by atoms with Gasteiger partial charge in [0.25, 0.3) is 15.9 Å². The molecule has 0 aliphatic carbocycles. The molecule has 0 radical (unpaired) electrons. The van der Waals surface area contributed by atoms with E-state index in [1.165, 1.54) is 49.6 Å². The lowest BCUT2D eigenvalue weighted by Gasteiger charge is -2.21. The lowest BCUT2D eigenvalue weighted by atomic mass is 10.1. The predicted octanol–water partition coefficient (Wildman–Crippen LogP) is 4.31. The molecular formula is C22H18ClFN2O6S. The van der Waals surface area contributed by atoms with Crippen molar-refractivity contribution in [2.75, 3.05) is 30.4 Å². The van der Waals surface area contributed by atoms with Crippen molar-refractivity contribution in [3.8, 4) is 17.2 Å². The standard InChI is InChI=1S/C22H18ClFN2O6S/c1-30-18-10-13(11-19-21(18)32-9-8-31-19)22(27)25-17-12-14(23)6-7-16(17)26-33(28,29)20-5-3-2-4-15(20)24/h2-7,10-12,26H,8-9H2,1H3,(H,25,27). The van der Waals surface area contributed by atoms with Gasteiger partial charge in [0.05, 0.1) is 18.5 Å². The Kier molecular flexibility index (Phi) is 6.30. The molecule has 1 heterocycles. The minimum absolute atomic E-state index is 0.000474. The van der Waals surface area contributed by atoms with Crippen molar-refractivity contribution < 1.29 is 31.8 Å². The maximum absolute atomic E-state index is 14.0. The number of amides is 1. The number of benzene rings is 3. The van der Waals surface area contributed by atoms with E-state index >= 15 is 0 Å². The summed E-state index contributed by atoms with van der Waals surface area (Å²) in [4.78, 5) is 12.4. The summed E-state index contributed by atoms with van der Waals surface area (Å²) in [6.45, 7) is 0.667. The minimum atomic E-state index is -4.28. The fraction of sp³-hybridized carbons (Fsp3) is 0.136. The summed E-state index contributed by atoms with van der Waals surface area (Å²) < 4.78 is 58.1. The number of hydrogen-bond donors (Lipinski definition) is 2. The topological polar surface area (TPSA) is 103 Å². The van der Waals surface area contributed by atoms with Crippen LogP contribution in [0.5, 0.6) is 17.2 Å². The molecule has 4 rings (SSSR count). The monoisotopic (exact) mass is 492 g/mol. The van der Waals surface area contributed by atoms with Crippen molar-refractivity contribution in [2.45, 2.75) is 4.90 Å². The number of sulfonamides is 1. The van der Waals surface area contributed by atoms with Gasteiger partial charge in [-0.3, -0.25) is 9.52 Å². The number of ether oxygens (including phenoxy) is 3. The minimum Gasteiger partial charge on any atom is -0.493 e. The zero-order valence-corrected chi connectivity index (χ0v) is 18.8. The summed E-state index contributed by atoms with van der Waals surface area (Å²) in [7, 11) is -2.85. The van der Waals surface area contributed by atoms with Gasteiger partial charge in [0.15, 0.2) is 11.5 Å². The van der Waals surface area contributed by atoms with Crippen LogP contribution in [0.1, 0.15) is 10.4 Å². The molecule has 11 heteroatoms. The Morgan fingerprint density at radius 3 is 2.58 bits per heavy atom. The fourth-order valence-corrected chi connectivity index (χ4v) is 4.50. The smallest absolute Gasteiger partial charge is 0.264 e. The molecule has 1 aliphatic rings. The number of hydrogen-bond acceptors (Lipinski definition) is 6. The molecule has 0 saturated heterocycles. The quantitative estimate of drug-likeness (QED) is 0.531. The lowest BCUT2D eigenvalue weighted by molar-refractivity contribution is 0.102. The molecule has 33 heavy (non-hydrogen) atoms. The molecular weight excluding hydrogens is 475 g/mol. The van der Waals surface area contributed by atoms with Crippen molar-refractivity contribution in [1.82, 2.24) is 0 Å². The van der Waals surface area contributed by atoms with Crippen molar-refractivity contribution in [1.29, 1.82) is 0 Å².